The molecule has 22 heavy (non-hydrogen) atoms. The number of hydrogen-bond donors (Lipinski definition) is 1. The van der Waals surface area contributed by atoms with Crippen LogP contribution in [0.3, 0.4) is 0 Å². The van der Waals surface area contributed by atoms with Gasteiger partial charge < -0.3 is 9.84 Å². The molecule has 0 atom stereocenters. The zero-order valence-electron chi connectivity index (χ0n) is 12.8. The molecule has 0 unspecified atom stereocenters. The fourth-order valence-electron chi connectivity index (χ4n) is 1.80. The number of aliphatic hydroxyl groups is 1. The normalized spacial score (nSPS) is 11.5. The van der Waals surface area contributed by atoms with E-state index in [9.17, 15) is 9.90 Å². The van der Waals surface area contributed by atoms with Crippen LogP contribution < -0.4 is 4.90 Å². The third kappa shape index (κ3) is 3.14. The second-order valence-electron chi connectivity index (χ2n) is 5.72. The van der Waals surface area contributed by atoms with Gasteiger partial charge in [-0.1, -0.05) is 18.2 Å². The second kappa shape index (κ2) is 5.49. The van der Waals surface area contributed by atoms with Crippen LogP contribution in [0.15, 0.2) is 18.8 Å². The van der Waals surface area contributed by atoms with Crippen LogP contribution >= 0.6 is 11.6 Å². The molecule has 0 radical (unpaired) electrons. The first-order valence-corrected chi connectivity index (χ1v) is 6.87. The summed E-state index contributed by atoms with van der Waals surface area (Å²) in [5.41, 5.74) is 0.416. The summed E-state index contributed by atoms with van der Waals surface area (Å²) >= 11 is 5.99. The molecule has 0 fully saturated rings. The molecule has 0 saturated carbocycles. The van der Waals surface area contributed by atoms with Gasteiger partial charge in [-0.2, -0.15) is 5.10 Å². The lowest BCUT2D eigenvalue weighted by Gasteiger charge is -2.24. The van der Waals surface area contributed by atoms with Gasteiger partial charge in [-0.25, -0.2) is 14.3 Å². The predicted molar refractivity (Wildman–Crippen MR) is 84.3 cm³/mol. The van der Waals surface area contributed by atoms with Crippen molar-refractivity contribution in [1.29, 1.82) is 0 Å². The fraction of sp³-hybridized carbons (Fsp3) is 0.357. The molecule has 0 saturated heterocycles. The van der Waals surface area contributed by atoms with Gasteiger partial charge in [0.2, 0.25) is 0 Å². The van der Waals surface area contributed by atoms with Gasteiger partial charge in [0.25, 0.3) is 0 Å². The molecule has 0 bridgehead atoms. The molecule has 2 aromatic heterocycles. The van der Waals surface area contributed by atoms with Gasteiger partial charge in [-0.05, 0) is 20.8 Å². The number of nitrogens with zero attached hydrogens (tertiary/aromatic N) is 4. The van der Waals surface area contributed by atoms with E-state index in [1.54, 1.807) is 27.8 Å². The number of aromatic nitrogens is 3. The molecule has 0 aliphatic heterocycles. The number of fused-ring (bicyclic) bond motifs is 1. The largest absolute Gasteiger partial charge is 0.506 e. The van der Waals surface area contributed by atoms with E-state index in [2.05, 4.69) is 16.7 Å². The minimum Gasteiger partial charge on any atom is -0.506 e. The summed E-state index contributed by atoms with van der Waals surface area (Å²) in [5.74, 6) is -0.201. The third-order valence-corrected chi connectivity index (χ3v) is 2.93. The Balaban J connectivity index is 2.51. The first-order valence-electron chi connectivity index (χ1n) is 6.49. The average molecular weight is 325 g/mol. The van der Waals surface area contributed by atoms with Crippen molar-refractivity contribution in [2.24, 2.45) is 0 Å². The standard InChI is InChI=1S/C14H17ClN4O3/c1-8(20)10-7-16-12-9(6-11(15)17-19(10)12)18(5)13(21)22-14(2,3)4/h6-7,20H,1H2,2-5H3. The van der Waals surface area contributed by atoms with Gasteiger partial charge in [-0.15, -0.1) is 0 Å². The number of anilines is 1. The molecule has 1 amide bonds. The number of halogens is 1. The quantitative estimate of drug-likeness (QED) is 0.857. The van der Waals surface area contributed by atoms with Crippen molar-refractivity contribution < 1.29 is 14.6 Å². The van der Waals surface area contributed by atoms with Crippen LogP contribution in [-0.2, 0) is 4.74 Å². The Bertz CT molecular complexity index is 748. The Labute approximate surface area is 132 Å². The molecule has 118 valence electrons. The molecule has 2 rings (SSSR count). The SMILES string of the molecule is C=C(O)c1cnc2c(N(C)C(=O)OC(C)(C)C)cc(Cl)nn12. The summed E-state index contributed by atoms with van der Waals surface area (Å²) < 4.78 is 6.64. The van der Waals surface area contributed by atoms with Crippen molar-refractivity contribution in [3.8, 4) is 0 Å². The third-order valence-electron chi connectivity index (χ3n) is 2.74. The Hall–Kier alpha value is -2.28. The van der Waals surface area contributed by atoms with Crippen LogP contribution in [0.25, 0.3) is 11.4 Å². The maximum absolute atomic E-state index is 12.2. The summed E-state index contributed by atoms with van der Waals surface area (Å²) in [6.45, 7) is 8.77. The number of carbonyl (C=O) groups excluding carboxylic acids is 1. The first-order chi connectivity index (χ1) is 10.1. The van der Waals surface area contributed by atoms with E-state index >= 15 is 0 Å². The van der Waals surface area contributed by atoms with Crippen molar-refractivity contribution >= 4 is 34.8 Å². The highest BCUT2D eigenvalue weighted by Gasteiger charge is 2.24. The van der Waals surface area contributed by atoms with Crippen molar-refractivity contribution in [3.05, 3.63) is 29.7 Å². The Kier molecular flexibility index (Phi) is 4.02. The number of amides is 1. The monoisotopic (exact) mass is 324 g/mol. The van der Waals surface area contributed by atoms with E-state index in [4.69, 9.17) is 16.3 Å². The van der Waals surface area contributed by atoms with Crippen LogP contribution in [0, 0.1) is 0 Å². The minimum atomic E-state index is -0.627. The highest BCUT2D eigenvalue weighted by atomic mass is 35.5. The molecule has 2 heterocycles. The molecule has 7 nitrogen and oxygen atoms in total. The number of imidazole rings is 1. The minimum absolute atomic E-state index is 0.137. The van der Waals surface area contributed by atoms with Gasteiger partial charge in [0.15, 0.2) is 10.8 Å². The lowest BCUT2D eigenvalue weighted by molar-refractivity contribution is 0.0589. The zero-order valence-corrected chi connectivity index (χ0v) is 13.5. The molecule has 8 heteroatoms. The molecule has 0 aliphatic rings. The highest BCUT2D eigenvalue weighted by Crippen LogP contribution is 2.26. The van der Waals surface area contributed by atoms with Crippen molar-refractivity contribution in [2.75, 3.05) is 11.9 Å². The van der Waals surface area contributed by atoms with Gasteiger partial charge >= 0.3 is 6.09 Å². The number of carbonyl (C=O) groups is 1. The van der Waals surface area contributed by atoms with Crippen molar-refractivity contribution in [1.82, 2.24) is 14.6 Å². The van der Waals surface area contributed by atoms with Crippen LogP contribution in [0.4, 0.5) is 10.5 Å². The Morgan fingerprint density at radius 3 is 2.68 bits per heavy atom. The van der Waals surface area contributed by atoms with E-state index < -0.39 is 11.7 Å². The second-order valence-corrected chi connectivity index (χ2v) is 6.10. The van der Waals surface area contributed by atoms with E-state index in [0.717, 1.165) is 0 Å². The molecule has 1 N–H and O–H groups in total. The molecule has 0 aliphatic carbocycles. The molecular weight excluding hydrogens is 308 g/mol. The molecule has 0 aromatic carbocycles. The van der Waals surface area contributed by atoms with Gasteiger partial charge in [0.05, 0.1) is 11.9 Å². The van der Waals surface area contributed by atoms with Crippen molar-refractivity contribution in [3.63, 3.8) is 0 Å². The Morgan fingerprint density at radius 1 is 1.50 bits per heavy atom. The highest BCUT2D eigenvalue weighted by molar-refractivity contribution is 6.29. The van der Waals surface area contributed by atoms with Gasteiger partial charge in [0, 0.05) is 13.1 Å². The van der Waals surface area contributed by atoms with Gasteiger partial charge in [-0.3, -0.25) is 4.90 Å². The summed E-state index contributed by atoms with van der Waals surface area (Å²) in [7, 11) is 1.54. The topological polar surface area (TPSA) is 80.0 Å². The predicted octanol–water partition coefficient (Wildman–Crippen LogP) is 3.28. The number of aliphatic hydroxyl groups excluding tert-OH is 1. The van der Waals surface area contributed by atoms with Crippen LogP contribution in [0.1, 0.15) is 26.5 Å². The summed E-state index contributed by atoms with van der Waals surface area (Å²) in [5, 5.41) is 13.7. The van der Waals surface area contributed by atoms with Crippen LogP contribution in [0.5, 0.6) is 0 Å². The average Bonchev–Trinajstić information content (AvgIpc) is 2.78. The van der Waals surface area contributed by atoms with E-state index in [-0.39, 0.29) is 16.6 Å². The van der Waals surface area contributed by atoms with Crippen molar-refractivity contribution in [2.45, 2.75) is 26.4 Å². The first kappa shape index (κ1) is 16.1. The molecular formula is C14H17ClN4O3. The maximum atomic E-state index is 12.2. The summed E-state index contributed by atoms with van der Waals surface area (Å²) in [6.07, 6.45) is 0.844. The number of ether oxygens (including phenoxy) is 1. The van der Waals surface area contributed by atoms with E-state index in [1.165, 1.54) is 21.7 Å². The molecule has 0 spiro atoms. The van der Waals surface area contributed by atoms with Crippen LogP contribution in [0.2, 0.25) is 5.15 Å². The van der Waals surface area contributed by atoms with Crippen LogP contribution in [-0.4, -0.2) is 38.4 Å². The number of hydrogen-bond acceptors (Lipinski definition) is 5. The smallest absolute Gasteiger partial charge is 0.414 e. The maximum Gasteiger partial charge on any atom is 0.414 e. The van der Waals surface area contributed by atoms with Gasteiger partial charge in [0.1, 0.15) is 17.1 Å². The lowest BCUT2D eigenvalue weighted by Crippen LogP contribution is -2.34. The zero-order chi connectivity index (χ0) is 16.7. The lowest BCUT2D eigenvalue weighted by atomic mass is 10.2. The van der Waals surface area contributed by atoms with E-state index in [0.29, 0.717) is 11.3 Å². The van der Waals surface area contributed by atoms with E-state index in [1.807, 2.05) is 0 Å². The molecule has 2 aromatic rings. The fourth-order valence-corrected chi connectivity index (χ4v) is 1.97. The summed E-state index contributed by atoms with van der Waals surface area (Å²) in [6, 6.07) is 1.50. The number of rotatable bonds is 2. The Morgan fingerprint density at radius 2 is 2.14 bits per heavy atom. The summed E-state index contributed by atoms with van der Waals surface area (Å²) in [4.78, 5) is 17.6.